The lowest BCUT2D eigenvalue weighted by atomic mass is 10.1. The summed E-state index contributed by atoms with van der Waals surface area (Å²) in [5, 5.41) is 5.54. The smallest absolute Gasteiger partial charge is 0.319 e. The van der Waals surface area contributed by atoms with Crippen LogP contribution in [0.15, 0.2) is 48.5 Å². The van der Waals surface area contributed by atoms with Gasteiger partial charge in [0.05, 0.1) is 0 Å². The molecule has 0 radical (unpaired) electrons. The molecule has 24 heavy (non-hydrogen) atoms. The quantitative estimate of drug-likeness (QED) is 0.807. The number of urea groups is 1. The molecule has 5 heteroatoms. The molecule has 128 valence electrons. The van der Waals surface area contributed by atoms with Crippen LogP contribution in [-0.2, 0) is 13.1 Å². The van der Waals surface area contributed by atoms with Crippen LogP contribution in [0.4, 0.5) is 14.9 Å². The van der Waals surface area contributed by atoms with Gasteiger partial charge in [0.25, 0.3) is 0 Å². The van der Waals surface area contributed by atoms with Crippen molar-refractivity contribution in [3.05, 3.63) is 65.5 Å². The summed E-state index contributed by atoms with van der Waals surface area (Å²) in [4.78, 5) is 14.3. The molecule has 0 bridgehead atoms. The van der Waals surface area contributed by atoms with Crippen molar-refractivity contribution >= 4 is 11.7 Å². The van der Waals surface area contributed by atoms with Crippen LogP contribution < -0.4 is 10.6 Å². The molecular formula is C19H24FN3O. The lowest BCUT2D eigenvalue weighted by Crippen LogP contribution is -2.29. The molecule has 0 aliphatic rings. The van der Waals surface area contributed by atoms with Gasteiger partial charge in [-0.1, -0.05) is 38.1 Å². The third-order valence-corrected chi connectivity index (χ3v) is 3.95. The number of amides is 2. The molecule has 0 aromatic heterocycles. The van der Waals surface area contributed by atoms with Crippen LogP contribution in [0.5, 0.6) is 0 Å². The van der Waals surface area contributed by atoms with E-state index in [0.29, 0.717) is 12.2 Å². The maximum atomic E-state index is 12.9. The molecular weight excluding hydrogens is 305 g/mol. The molecule has 0 aliphatic heterocycles. The first-order valence-corrected chi connectivity index (χ1v) is 8.22. The average molecular weight is 329 g/mol. The number of nitrogens with one attached hydrogen (secondary N) is 2. The molecule has 4 nitrogen and oxygen atoms in total. The highest BCUT2D eigenvalue weighted by Crippen LogP contribution is 2.12. The highest BCUT2D eigenvalue weighted by molar-refractivity contribution is 5.89. The predicted molar refractivity (Wildman–Crippen MR) is 95.3 cm³/mol. The fourth-order valence-corrected chi connectivity index (χ4v) is 2.46. The summed E-state index contributed by atoms with van der Waals surface area (Å²) < 4.78 is 12.9. The van der Waals surface area contributed by atoms with Crippen molar-refractivity contribution in [3.8, 4) is 0 Å². The van der Waals surface area contributed by atoms with E-state index in [1.54, 1.807) is 0 Å². The molecule has 2 N–H and O–H groups in total. The summed E-state index contributed by atoms with van der Waals surface area (Å²) in [7, 11) is 0. The summed E-state index contributed by atoms with van der Waals surface area (Å²) in [6, 6.07) is 13.5. The summed E-state index contributed by atoms with van der Waals surface area (Å²) in [5.74, 6) is -0.328. The number of nitrogens with zero attached hydrogens (tertiary/aromatic N) is 1. The lowest BCUT2D eigenvalue weighted by molar-refractivity contribution is 0.251. The monoisotopic (exact) mass is 329 g/mol. The van der Waals surface area contributed by atoms with E-state index >= 15 is 0 Å². The molecule has 0 unspecified atom stereocenters. The first-order chi connectivity index (χ1) is 11.6. The van der Waals surface area contributed by atoms with Crippen molar-refractivity contribution in [1.82, 2.24) is 10.2 Å². The van der Waals surface area contributed by atoms with Gasteiger partial charge in [0, 0.05) is 18.8 Å². The zero-order chi connectivity index (χ0) is 17.4. The fraction of sp³-hybridized carbons (Fsp3) is 0.316. The van der Waals surface area contributed by atoms with Gasteiger partial charge >= 0.3 is 6.03 Å². The van der Waals surface area contributed by atoms with E-state index in [1.807, 2.05) is 18.2 Å². The molecule has 2 aromatic carbocycles. The second-order valence-electron chi connectivity index (χ2n) is 5.54. The number of carbonyl (C=O) groups excluding carboxylic acids is 1. The predicted octanol–water partition coefficient (Wildman–Crippen LogP) is 3.99. The van der Waals surface area contributed by atoms with Gasteiger partial charge in [0.15, 0.2) is 0 Å². The van der Waals surface area contributed by atoms with Crippen LogP contribution in [0.3, 0.4) is 0 Å². The fourth-order valence-electron chi connectivity index (χ4n) is 2.46. The van der Waals surface area contributed by atoms with Crippen LogP contribution in [0.1, 0.15) is 25.0 Å². The van der Waals surface area contributed by atoms with Crippen molar-refractivity contribution in [3.63, 3.8) is 0 Å². The lowest BCUT2D eigenvalue weighted by Gasteiger charge is -2.20. The minimum atomic E-state index is -0.328. The second kappa shape index (κ2) is 9.03. The highest BCUT2D eigenvalue weighted by Gasteiger charge is 2.08. The number of benzene rings is 2. The minimum Gasteiger partial charge on any atom is -0.334 e. The molecule has 0 atom stereocenters. The third-order valence-electron chi connectivity index (χ3n) is 3.95. The molecule has 2 amide bonds. The van der Waals surface area contributed by atoms with Crippen LogP contribution in [0.2, 0.25) is 0 Å². The number of hydrogen-bond donors (Lipinski definition) is 2. The zero-order valence-electron chi connectivity index (χ0n) is 14.2. The van der Waals surface area contributed by atoms with Gasteiger partial charge in [-0.15, -0.1) is 0 Å². The average Bonchev–Trinajstić information content (AvgIpc) is 2.60. The van der Waals surface area contributed by atoms with E-state index in [0.717, 1.165) is 25.2 Å². The first kappa shape index (κ1) is 17.9. The maximum Gasteiger partial charge on any atom is 0.319 e. The van der Waals surface area contributed by atoms with E-state index < -0.39 is 0 Å². The maximum absolute atomic E-state index is 12.9. The van der Waals surface area contributed by atoms with E-state index in [2.05, 4.69) is 35.4 Å². The summed E-state index contributed by atoms with van der Waals surface area (Å²) in [5.41, 5.74) is 2.87. The number of carbonyl (C=O) groups is 1. The Morgan fingerprint density at radius 3 is 2.25 bits per heavy atom. The number of rotatable bonds is 7. The van der Waals surface area contributed by atoms with Gasteiger partial charge in [-0.3, -0.25) is 4.90 Å². The Morgan fingerprint density at radius 1 is 1.00 bits per heavy atom. The van der Waals surface area contributed by atoms with Gasteiger partial charge in [0.2, 0.25) is 0 Å². The second-order valence-corrected chi connectivity index (χ2v) is 5.54. The van der Waals surface area contributed by atoms with Crippen molar-refractivity contribution in [2.24, 2.45) is 0 Å². The molecule has 0 aliphatic carbocycles. The van der Waals surface area contributed by atoms with Gasteiger partial charge in [-0.2, -0.15) is 0 Å². The Kier molecular flexibility index (Phi) is 6.75. The molecule has 0 heterocycles. The van der Waals surface area contributed by atoms with Crippen LogP contribution in [0.25, 0.3) is 0 Å². The normalized spacial score (nSPS) is 10.7. The largest absolute Gasteiger partial charge is 0.334 e. The van der Waals surface area contributed by atoms with Gasteiger partial charge in [-0.25, -0.2) is 9.18 Å². The van der Waals surface area contributed by atoms with Gasteiger partial charge in [0.1, 0.15) is 5.82 Å². The number of anilines is 1. The molecule has 0 saturated carbocycles. The zero-order valence-corrected chi connectivity index (χ0v) is 14.2. The molecule has 0 fully saturated rings. The molecule has 0 spiro atoms. The first-order valence-electron chi connectivity index (χ1n) is 8.22. The molecule has 0 saturated heterocycles. The van der Waals surface area contributed by atoms with Crippen molar-refractivity contribution in [2.45, 2.75) is 26.9 Å². The van der Waals surface area contributed by atoms with Crippen molar-refractivity contribution in [1.29, 1.82) is 0 Å². The molecule has 2 aromatic rings. The summed E-state index contributed by atoms with van der Waals surface area (Å²) in [6.45, 7) is 7.57. The van der Waals surface area contributed by atoms with Crippen LogP contribution >= 0.6 is 0 Å². The van der Waals surface area contributed by atoms with Crippen molar-refractivity contribution < 1.29 is 9.18 Å². The van der Waals surface area contributed by atoms with Crippen molar-refractivity contribution in [2.75, 3.05) is 18.4 Å². The topological polar surface area (TPSA) is 44.4 Å². The van der Waals surface area contributed by atoms with Crippen LogP contribution in [0, 0.1) is 5.82 Å². The van der Waals surface area contributed by atoms with Gasteiger partial charge < -0.3 is 10.6 Å². The number of halogens is 1. The van der Waals surface area contributed by atoms with E-state index in [4.69, 9.17) is 0 Å². The van der Waals surface area contributed by atoms with E-state index in [1.165, 1.54) is 29.8 Å². The Balaban J connectivity index is 1.93. The highest BCUT2D eigenvalue weighted by atomic mass is 19.1. The van der Waals surface area contributed by atoms with Gasteiger partial charge in [-0.05, 0) is 48.5 Å². The van der Waals surface area contributed by atoms with Crippen LogP contribution in [-0.4, -0.2) is 24.0 Å². The van der Waals surface area contributed by atoms with E-state index in [-0.39, 0.29) is 11.8 Å². The Labute approximate surface area is 142 Å². The van der Waals surface area contributed by atoms with E-state index in [9.17, 15) is 9.18 Å². The summed E-state index contributed by atoms with van der Waals surface area (Å²) >= 11 is 0. The minimum absolute atomic E-state index is 0.306. The Hall–Kier alpha value is -2.40. The summed E-state index contributed by atoms with van der Waals surface area (Å²) in [6.07, 6.45) is 0. The molecule has 2 rings (SSSR count). The number of hydrogen-bond acceptors (Lipinski definition) is 2. The Morgan fingerprint density at radius 2 is 1.62 bits per heavy atom. The standard InChI is InChI=1S/C19H24FN3O/c1-3-23(4-2)14-16-8-6-5-7-15(16)13-21-19(24)22-18-11-9-17(20)10-12-18/h5-12H,3-4,13-14H2,1-2H3,(H2,21,22,24). The SMILES string of the molecule is CCN(CC)Cc1ccccc1CNC(=O)Nc1ccc(F)cc1. The Bertz CT molecular complexity index is 654. The third kappa shape index (κ3) is 5.35.